The Morgan fingerprint density at radius 2 is 1.71 bits per heavy atom. The lowest BCUT2D eigenvalue weighted by Crippen LogP contribution is -2.42. The summed E-state index contributed by atoms with van der Waals surface area (Å²) in [6, 6.07) is 20.4. The van der Waals surface area contributed by atoms with E-state index in [0.717, 1.165) is 30.6 Å². The van der Waals surface area contributed by atoms with E-state index < -0.39 is 0 Å². The Morgan fingerprint density at radius 1 is 0.921 bits per heavy atom. The average molecular weight is 551 g/mol. The van der Waals surface area contributed by atoms with Crippen LogP contribution in [0.2, 0.25) is 10.0 Å². The number of carbonyl (C=O) groups excluding carboxylic acids is 1. The van der Waals surface area contributed by atoms with Gasteiger partial charge in [-0.3, -0.25) is 9.69 Å². The maximum Gasteiger partial charge on any atom is 0.237 e. The molecule has 0 unspecified atom stereocenters. The van der Waals surface area contributed by atoms with E-state index in [-0.39, 0.29) is 5.91 Å². The fourth-order valence-electron chi connectivity index (χ4n) is 4.95. The molecule has 0 aliphatic carbocycles. The molecule has 38 heavy (non-hydrogen) atoms. The maximum absolute atomic E-state index is 13.9. The van der Waals surface area contributed by atoms with E-state index in [4.69, 9.17) is 23.2 Å². The van der Waals surface area contributed by atoms with Crippen LogP contribution in [0.4, 0.5) is 0 Å². The van der Waals surface area contributed by atoms with Gasteiger partial charge in [0, 0.05) is 43.3 Å². The number of carbonyl (C=O) groups is 1. The molecule has 1 heterocycles. The van der Waals surface area contributed by atoms with Gasteiger partial charge in [0.05, 0.1) is 16.6 Å². The van der Waals surface area contributed by atoms with Crippen molar-refractivity contribution in [2.75, 3.05) is 19.6 Å². The van der Waals surface area contributed by atoms with Gasteiger partial charge < -0.3 is 9.88 Å². The summed E-state index contributed by atoms with van der Waals surface area (Å²) in [7, 11) is 0. The molecular weight excluding hydrogens is 513 g/mol. The van der Waals surface area contributed by atoms with Gasteiger partial charge in [-0.25, -0.2) is 0 Å². The number of amides is 1. The van der Waals surface area contributed by atoms with Crippen LogP contribution >= 0.6 is 23.2 Å². The number of H-pyrrole nitrogens is 1. The molecule has 0 aliphatic rings. The van der Waals surface area contributed by atoms with E-state index in [1.54, 1.807) is 6.07 Å². The number of nitrogens with one attached hydrogen (secondary N) is 1. The molecule has 0 spiro atoms. The molecule has 4 aromatic rings. The van der Waals surface area contributed by atoms with Crippen molar-refractivity contribution in [3.8, 4) is 0 Å². The van der Waals surface area contributed by atoms with Crippen LogP contribution in [-0.4, -0.2) is 40.3 Å². The molecule has 4 rings (SSSR count). The molecule has 0 fully saturated rings. The van der Waals surface area contributed by atoms with Gasteiger partial charge in [0.15, 0.2) is 0 Å². The minimum absolute atomic E-state index is 0.113. The monoisotopic (exact) mass is 549 g/mol. The third-order valence-corrected chi connectivity index (χ3v) is 7.66. The van der Waals surface area contributed by atoms with Crippen molar-refractivity contribution < 1.29 is 4.79 Å². The number of aromatic amines is 1. The van der Waals surface area contributed by atoms with Crippen molar-refractivity contribution in [1.29, 1.82) is 0 Å². The zero-order chi connectivity index (χ0) is 27.2. The molecule has 3 aromatic carbocycles. The van der Waals surface area contributed by atoms with Gasteiger partial charge in [-0.2, -0.15) is 0 Å². The zero-order valence-corrected chi connectivity index (χ0v) is 24.2. The highest BCUT2D eigenvalue weighted by Gasteiger charge is 2.20. The smallest absolute Gasteiger partial charge is 0.237 e. The molecule has 200 valence electrons. The topological polar surface area (TPSA) is 39.3 Å². The van der Waals surface area contributed by atoms with E-state index in [1.807, 2.05) is 23.1 Å². The van der Waals surface area contributed by atoms with E-state index in [0.29, 0.717) is 35.6 Å². The van der Waals surface area contributed by atoms with Crippen LogP contribution in [0.1, 0.15) is 41.7 Å². The average Bonchev–Trinajstić information content (AvgIpc) is 3.28. The van der Waals surface area contributed by atoms with Crippen molar-refractivity contribution in [1.82, 2.24) is 14.8 Å². The van der Waals surface area contributed by atoms with Crippen LogP contribution in [0.25, 0.3) is 10.9 Å². The predicted octanol–water partition coefficient (Wildman–Crippen LogP) is 7.82. The Morgan fingerprint density at radius 3 is 2.47 bits per heavy atom. The fraction of sp³-hybridized carbons (Fsp3) is 0.344. The maximum atomic E-state index is 13.9. The SMILES string of the molecule is Cc1ccc(C)c(CN(CC(=O)N(CCc2c[nH]c3ccccc23)Cc2ccc(Cl)c(Cl)c2)CC(C)C)c1. The summed E-state index contributed by atoms with van der Waals surface area (Å²) in [5.41, 5.74) is 7.05. The Labute approximate surface area is 236 Å². The molecule has 1 aromatic heterocycles. The number of halogens is 2. The molecule has 1 amide bonds. The Hall–Kier alpha value is -2.79. The lowest BCUT2D eigenvalue weighted by Gasteiger charge is -2.29. The first-order valence-corrected chi connectivity index (χ1v) is 14.0. The van der Waals surface area contributed by atoms with Gasteiger partial charge in [0.2, 0.25) is 5.91 Å². The van der Waals surface area contributed by atoms with E-state index in [9.17, 15) is 4.79 Å². The second kappa shape index (κ2) is 12.8. The van der Waals surface area contributed by atoms with Crippen LogP contribution in [0.15, 0.2) is 66.9 Å². The van der Waals surface area contributed by atoms with Gasteiger partial charge in [0.1, 0.15) is 0 Å². The number of hydrogen-bond donors (Lipinski definition) is 1. The number of aromatic nitrogens is 1. The first-order chi connectivity index (χ1) is 18.2. The summed E-state index contributed by atoms with van der Waals surface area (Å²) in [5.74, 6) is 0.560. The molecule has 0 saturated heterocycles. The minimum atomic E-state index is 0.113. The van der Waals surface area contributed by atoms with Crippen molar-refractivity contribution in [3.05, 3.63) is 105 Å². The first-order valence-electron chi connectivity index (χ1n) is 13.2. The third kappa shape index (κ3) is 7.41. The zero-order valence-electron chi connectivity index (χ0n) is 22.7. The number of aryl methyl sites for hydroxylation is 2. The first kappa shape index (κ1) is 28.2. The molecule has 1 N–H and O–H groups in total. The van der Waals surface area contributed by atoms with E-state index >= 15 is 0 Å². The van der Waals surface area contributed by atoms with E-state index in [2.05, 4.69) is 80.2 Å². The molecule has 0 radical (unpaired) electrons. The molecule has 0 saturated carbocycles. The fourth-order valence-corrected chi connectivity index (χ4v) is 5.27. The van der Waals surface area contributed by atoms with Crippen LogP contribution in [-0.2, 0) is 24.3 Å². The highest BCUT2D eigenvalue weighted by atomic mass is 35.5. The molecule has 0 atom stereocenters. The summed E-state index contributed by atoms with van der Waals surface area (Å²) in [5, 5.41) is 2.22. The molecular formula is C32H37Cl2N3O. The normalized spacial score (nSPS) is 11.6. The van der Waals surface area contributed by atoms with Crippen LogP contribution < -0.4 is 0 Å². The highest BCUT2D eigenvalue weighted by Crippen LogP contribution is 2.24. The second-order valence-electron chi connectivity index (χ2n) is 10.7. The van der Waals surface area contributed by atoms with Crippen molar-refractivity contribution in [3.63, 3.8) is 0 Å². The summed E-state index contributed by atoms with van der Waals surface area (Å²) in [6.07, 6.45) is 2.82. The number of fused-ring (bicyclic) bond motifs is 1. The quantitative estimate of drug-likeness (QED) is 0.207. The Kier molecular flexibility index (Phi) is 9.54. The lowest BCUT2D eigenvalue weighted by atomic mass is 10.0. The Balaban J connectivity index is 1.55. The molecule has 4 nitrogen and oxygen atoms in total. The van der Waals surface area contributed by atoms with Crippen molar-refractivity contribution >= 4 is 40.0 Å². The number of hydrogen-bond acceptors (Lipinski definition) is 2. The second-order valence-corrected chi connectivity index (χ2v) is 11.5. The summed E-state index contributed by atoms with van der Waals surface area (Å²) in [6.45, 7) is 11.7. The summed E-state index contributed by atoms with van der Waals surface area (Å²) < 4.78 is 0. The van der Waals surface area contributed by atoms with Gasteiger partial charge in [-0.05, 0) is 66.6 Å². The Bertz CT molecular complexity index is 1390. The number of nitrogens with zero attached hydrogens (tertiary/aromatic N) is 2. The lowest BCUT2D eigenvalue weighted by molar-refractivity contribution is -0.133. The van der Waals surface area contributed by atoms with Crippen LogP contribution in [0, 0.1) is 19.8 Å². The molecule has 6 heteroatoms. The van der Waals surface area contributed by atoms with Crippen molar-refractivity contribution in [2.45, 2.75) is 47.2 Å². The van der Waals surface area contributed by atoms with Gasteiger partial charge in [-0.1, -0.05) is 85.1 Å². The highest BCUT2D eigenvalue weighted by molar-refractivity contribution is 6.42. The number of rotatable bonds is 11. The molecule has 0 aliphatic heterocycles. The van der Waals surface area contributed by atoms with Crippen molar-refractivity contribution in [2.24, 2.45) is 5.92 Å². The van der Waals surface area contributed by atoms with E-state index in [1.165, 1.54) is 27.6 Å². The minimum Gasteiger partial charge on any atom is -0.361 e. The summed E-state index contributed by atoms with van der Waals surface area (Å²) >= 11 is 12.5. The van der Waals surface area contributed by atoms with Gasteiger partial charge in [-0.15, -0.1) is 0 Å². The van der Waals surface area contributed by atoms with Gasteiger partial charge >= 0.3 is 0 Å². The number of benzene rings is 3. The van der Waals surface area contributed by atoms with Crippen LogP contribution in [0.3, 0.4) is 0 Å². The largest absolute Gasteiger partial charge is 0.361 e. The predicted molar refractivity (Wildman–Crippen MR) is 160 cm³/mol. The van der Waals surface area contributed by atoms with Gasteiger partial charge in [0.25, 0.3) is 0 Å². The summed E-state index contributed by atoms with van der Waals surface area (Å²) in [4.78, 5) is 21.5. The standard InChI is InChI=1S/C32H37Cl2N3O/c1-22(2)18-36(20-27-15-23(3)9-10-24(27)4)21-32(38)37(19-25-11-12-29(33)30(34)16-25)14-13-26-17-35-31-8-6-5-7-28(26)31/h5-12,15-17,22,35H,13-14,18-21H2,1-4H3. The number of para-hydroxylation sites is 1. The third-order valence-electron chi connectivity index (χ3n) is 6.92. The van der Waals surface area contributed by atoms with Crippen LogP contribution in [0.5, 0.6) is 0 Å². The molecule has 0 bridgehead atoms.